The summed E-state index contributed by atoms with van der Waals surface area (Å²) in [4.78, 5) is 25.3. The third-order valence-electron chi connectivity index (χ3n) is 2.90. The lowest BCUT2D eigenvalue weighted by Crippen LogP contribution is -2.20. The van der Waals surface area contributed by atoms with Crippen molar-refractivity contribution in [3.05, 3.63) is 58.8 Å². The largest absolute Gasteiger partial charge is 0.481 e. The van der Waals surface area contributed by atoms with Gasteiger partial charge in [0.05, 0.1) is 5.52 Å². The first-order chi connectivity index (χ1) is 10.6. The van der Waals surface area contributed by atoms with Gasteiger partial charge in [-0.15, -0.1) is 0 Å². The third-order valence-corrected chi connectivity index (χ3v) is 2.90. The van der Waals surface area contributed by atoms with Crippen molar-refractivity contribution in [1.29, 1.82) is 0 Å². The van der Waals surface area contributed by atoms with Gasteiger partial charge in [0.2, 0.25) is 0 Å². The number of nitrogens with one attached hydrogen (secondary N) is 2. The molecule has 6 nitrogen and oxygen atoms in total. The van der Waals surface area contributed by atoms with Crippen LogP contribution in [0.15, 0.2) is 51.7 Å². The van der Waals surface area contributed by atoms with Crippen LogP contribution in [0.25, 0.3) is 11.1 Å². The van der Waals surface area contributed by atoms with Crippen molar-refractivity contribution in [3.8, 4) is 5.75 Å². The molecule has 0 aliphatic carbocycles. The number of hydrogen-bond acceptors (Lipinski definition) is 4. The van der Waals surface area contributed by atoms with Crippen LogP contribution in [0.2, 0.25) is 0 Å². The van der Waals surface area contributed by atoms with Crippen LogP contribution in [0.1, 0.15) is 0 Å². The van der Waals surface area contributed by atoms with Crippen molar-refractivity contribution < 1.29 is 18.3 Å². The van der Waals surface area contributed by atoms with E-state index in [1.54, 1.807) is 24.3 Å². The summed E-state index contributed by atoms with van der Waals surface area (Å²) in [6, 6.07) is 10.5. The van der Waals surface area contributed by atoms with Crippen molar-refractivity contribution >= 4 is 22.7 Å². The molecule has 0 atom stereocenters. The zero-order valence-corrected chi connectivity index (χ0v) is 11.3. The number of oxazole rings is 1. The third kappa shape index (κ3) is 2.98. The Morgan fingerprint density at radius 2 is 2.09 bits per heavy atom. The predicted molar refractivity (Wildman–Crippen MR) is 77.4 cm³/mol. The fourth-order valence-electron chi connectivity index (χ4n) is 1.93. The van der Waals surface area contributed by atoms with Crippen LogP contribution in [-0.4, -0.2) is 17.5 Å². The van der Waals surface area contributed by atoms with Crippen LogP contribution in [-0.2, 0) is 4.79 Å². The number of hydrogen-bond donors (Lipinski definition) is 2. The molecule has 2 aromatic carbocycles. The normalized spacial score (nSPS) is 10.6. The minimum atomic E-state index is -0.568. The molecule has 0 fully saturated rings. The number of ether oxygens (including phenoxy) is 1. The van der Waals surface area contributed by atoms with Gasteiger partial charge in [-0.1, -0.05) is 12.1 Å². The van der Waals surface area contributed by atoms with Gasteiger partial charge in [-0.05, 0) is 30.3 Å². The highest BCUT2D eigenvalue weighted by Gasteiger charge is 2.08. The number of para-hydroxylation sites is 1. The lowest BCUT2D eigenvalue weighted by molar-refractivity contribution is -0.118. The summed E-state index contributed by atoms with van der Waals surface area (Å²) in [5, 5.41) is 2.58. The molecule has 0 spiro atoms. The lowest BCUT2D eigenvalue weighted by atomic mass is 10.3. The molecule has 2 N–H and O–H groups in total. The van der Waals surface area contributed by atoms with Gasteiger partial charge in [0.15, 0.2) is 23.8 Å². The van der Waals surface area contributed by atoms with Gasteiger partial charge in [-0.25, -0.2) is 9.18 Å². The first kappa shape index (κ1) is 13.9. The number of carbonyl (C=O) groups is 1. The number of benzene rings is 2. The van der Waals surface area contributed by atoms with E-state index in [0.29, 0.717) is 16.8 Å². The van der Waals surface area contributed by atoms with E-state index in [1.807, 2.05) is 0 Å². The maximum Gasteiger partial charge on any atom is 0.417 e. The standard InChI is InChI=1S/C15H11FN2O4/c16-10-3-1-2-4-12(10)21-8-14(19)17-9-5-6-13-11(7-9)18-15(20)22-13/h1-7H,8H2,(H,17,19)(H,18,20). The highest BCUT2D eigenvalue weighted by atomic mass is 19.1. The Hall–Kier alpha value is -3.09. The summed E-state index contributed by atoms with van der Waals surface area (Å²) in [6.45, 7) is -0.332. The van der Waals surface area contributed by atoms with Crippen LogP contribution in [0.3, 0.4) is 0 Å². The Morgan fingerprint density at radius 3 is 2.91 bits per heavy atom. The van der Waals surface area contributed by atoms with E-state index in [1.165, 1.54) is 18.2 Å². The first-order valence-corrected chi connectivity index (χ1v) is 6.42. The molecule has 7 heteroatoms. The molecule has 0 radical (unpaired) electrons. The van der Waals surface area contributed by atoms with E-state index in [0.717, 1.165) is 0 Å². The summed E-state index contributed by atoms with van der Waals surface area (Å²) >= 11 is 0. The van der Waals surface area contributed by atoms with Crippen molar-refractivity contribution in [1.82, 2.24) is 4.98 Å². The Bertz CT molecular complexity index is 884. The van der Waals surface area contributed by atoms with E-state index in [9.17, 15) is 14.0 Å². The average Bonchev–Trinajstić information content (AvgIpc) is 2.86. The fraction of sp³-hybridized carbons (Fsp3) is 0.0667. The highest BCUT2D eigenvalue weighted by molar-refractivity contribution is 5.93. The number of rotatable bonds is 4. The van der Waals surface area contributed by atoms with Gasteiger partial charge in [-0.2, -0.15) is 0 Å². The van der Waals surface area contributed by atoms with E-state index < -0.39 is 17.5 Å². The van der Waals surface area contributed by atoms with E-state index in [-0.39, 0.29) is 12.4 Å². The molecule has 3 rings (SSSR count). The summed E-state index contributed by atoms with van der Waals surface area (Å²) in [7, 11) is 0. The smallest absolute Gasteiger partial charge is 0.417 e. The molecule has 0 saturated heterocycles. The molecule has 112 valence electrons. The number of amides is 1. The number of halogens is 1. The molecule has 0 unspecified atom stereocenters. The molecular formula is C15H11FN2O4. The van der Waals surface area contributed by atoms with Crippen molar-refractivity contribution in [2.45, 2.75) is 0 Å². The molecule has 0 saturated carbocycles. The number of fused-ring (bicyclic) bond motifs is 1. The maximum absolute atomic E-state index is 13.3. The predicted octanol–water partition coefficient (Wildman–Crippen LogP) is 2.28. The molecule has 0 aliphatic heterocycles. The number of aromatic amines is 1. The minimum absolute atomic E-state index is 0.00673. The van der Waals surface area contributed by atoms with E-state index in [2.05, 4.69) is 10.3 Å². The van der Waals surface area contributed by atoms with Gasteiger partial charge >= 0.3 is 5.76 Å². The molecule has 0 bridgehead atoms. The number of H-pyrrole nitrogens is 1. The molecule has 3 aromatic rings. The van der Waals surface area contributed by atoms with Crippen LogP contribution in [0.5, 0.6) is 5.75 Å². The van der Waals surface area contributed by atoms with Crippen LogP contribution in [0.4, 0.5) is 10.1 Å². The molecule has 1 aromatic heterocycles. The molecule has 1 heterocycles. The Kier molecular flexibility index (Phi) is 3.61. The monoisotopic (exact) mass is 302 g/mol. The second-order valence-electron chi connectivity index (χ2n) is 4.49. The zero-order chi connectivity index (χ0) is 15.5. The van der Waals surface area contributed by atoms with Crippen LogP contribution >= 0.6 is 0 Å². The highest BCUT2D eigenvalue weighted by Crippen LogP contribution is 2.17. The van der Waals surface area contributed by atoms with Crippen molar-refractivity contribution in [3.63, 3.8) is 0 Å². The molecule has 22 heavy (non-hydrogen) atoms. The number of carbonyl (C=O) groups excluding carboxylic acids is 1. The summed E-state index contributed by atoms with van der Waals surface area (Å²) in [5.74, 6) is -1.55. The molecule has 1 amide bonds. The zero-order valence-electron chi connectivity index (χ0n) is 11.3. The quantitative estimate of drug-likeness (QED) is 0.774. The van der Waals surface area contributed by atoms with Crippen molar-refractivity contribution in [2.75, 3.05) is 11.9 Å². The van der Waals surface area contributed by atoms with E-state index >= 15 is 0 Å². The van der Waals surface area contributed by atoms with Gasteiger partial charge < -0.3 is 14.5 Å². The van der Waals surface area contributed by atoms with E-state index in [4.69, 9.17) is 9.15 Å². The van der Waals surface area contributed by atoms with Crippen LogP contribution < -0.4 is 15.8 Å². The topological polar surface area (TPSA) is 84.3 Å². The Labute approximate surface area is 123 Å². The Balaban J connectivity index is 1.65. The fourth-order valence-corrected chi connectivity index (χ4v) is 1.93. The maximum atomic E-state index is 13.3. The van der Waals surface area contributed by atoms with Gasteiger partial charge in [0.25, 0.3) is 5.91 Å². The summed E-state index contributed by atoms with van der Waals surface area (Å²) in [5.41, 5.74) is 1.33. The Morgan fingerprint density at radius 1 is 1.27 bits per heavy atom. The van der Waals surface area contributed by atoms with Gasteiger partial charge in [0, 0.05) is 5.69 Å². The lowest BCUT2D eigenvalue weighted by Gasteiger charge is -2.08. The molecular weight excluding hydrogens is 291 g/mol. The second kappa shape index (κ2) is 5.72. The van der Waals surface area contributed by atoms with Crippen LogP contribution in [0, 0.1) is 5.82 Å². The average molecular weight is 302 g/mol. The van der Waals surface area contributed by atoms with Gasteiger partial charge in [-0.3, -0.25) is 9.78 Å². The summed E-state index contributed by atoms with van der Waals surface area (Å²) in [6.07, 6.45) is 0. The second-order valence-corrected chi connectivity index (χ2v) is 4.49. The molecule has 0 aliphatic rings. The number of anilines is 1. The summed E-state index contributed by atoms with van der Waals surface area (Å²) < 4.78 is 23.3. The SMILES string of the molecule is O=C(COc1ccccc1F)Nc1ccc2oc(=O)[nH]c2c1. The van der Waals surface area contributed by atoms with Crippen molar-refractivity contribution in [2.24, 2.45) is 0 Å². The first-order valence-electron chi connectivity index (χ1n) is 6.42. The number of aromatic nitrogens is 1. The minimum Gasteiger partial charge on any atom is -0.481 e. The van der Waals surface area contributed by atoms with Gasteiger partial charge in [0.1, 0.15) is 0 Å².